The fourth-order valence-corrected chi connectivity index (χ4v) is 1.61. The number of rotatable bonds is 0. The summed E-state index contributed by atoms with van der Waals surface area (Å²) in [5, 5.41) is -0.113. The first kappa shape index (κ1) is 10.4. The molecule has 0 radical (unpaired) electrons. The Morgan fingerprint density at radius 2 is 2.20 bits per heavy atom. The van der Waals surface area contributed by atoms with Crippen molar-refractivity contribution in [3.8, 4) is 12.3 Å². The standard InChI is InChI=1S/C7H12OSi.Pt/c1-2-7(9)5-3-4-6-8-7;/h1H,3-6H2,9H3;. The van der Waals surface area contributed by atoms with Gasteiger partial charge in [-0.2, -0.15) is 0 Å². The summed E-state index contributed by atoms with van der Waals surface area (Å²) in [5.74, 6) is 2.72. The third-order valence-electron chi connectivity index (χ3n) is 1.77. The molecule has 1 atom stereocenters. The maximum atomic E-state index is 5.44. The predicted octanol–water partition coefficient (Wildman–Crippen LogP) is -0.121. The van der Waals surface area contributed by atoms with Crippen molar-refractivity contribution < 1.29 is 25.8 Å². The van der Waals surface area contributed by atoms with Gasteiger partial charge in [0.05, 0.1) is 10.2 Å². The zero-order valence-electron chi connectivity index (χ0n) is 6.13. The van der Waals surface area contributed by atoms with E-state index in [4.69, 9.17) is 11.2 Å². The van der Waals surface area contributed by atoms with Gasteiger partial charge in [-0.3, -0.25) is 0 Å². The summed E-state index contributed by atoms with van der Waals surface area (Å²) in [5.41, 5.74) is 0. The topological polar surface area (TPSA) is 9.23 Å². The van der Waals surface area contributed by atoms with Gasteiger partial charge in [0, 0.05) is 27.7 Å². The molecule has 0 spiro atoms. The Bertz CT molecular complexity index is 135. The van der Waals surface area contributed by atoms with Crippen molar-refractivity contribution in [3.63, 3.8) is 0 Å². The molecule has 1 nitrogen and oxygen atoms in total. The molecule has 60 valence electrons. The third kappa shape index (κ3) is 2.58. The summed E-state index contributed by atoms with van der Waals surface area (Å²) in [4.78, 5) is 0. The van der Waals surface area contributed by atoms with Crippen LogP contribution in [0.2, 0.25) is 0 Å². The van der Waals surface area contributed by atoms with Gasteiger partial charge in [0.2, 0.25) is 0 Å². The second-order valence-corrected chi connectivity index (χ2v) is 4.30. The SMILES string of the molecule is C#CC1([SiH3])CCCCO1.[Pt]. The Hall–Kier alpha value is 0.425. The molecule has 0 N–H and O–H groups in total. The van der Waals surface area contributed by atoms with Crippen LogP contribution in [0.25, 0.3) is 0 Å². The van der Waals surface area contributed by atoms with Crippen molar-refractivity contribution >= 4 is 10.2 Å². The third-order valence-corrected chi connectivity index (χ3v) is 2.85. The van der Waals surface area contributed by atoms with E-state index in [1.165, 1.54) is 12.8 Å². The largest absolute Gasteiger partial charge is 0.367 e. The van der Waals surface area contributed by atoms with E-state index in [0.717, 1.165) is 23.3 Å². The Labute approximate surface area is 79.6 Å². The molecule has 0 aromatic heterocycles. The van der Waals surface area contributed by atoms with Gasteiger partial charge in [-0.1, -0.05) is 5.92 Å². The molecule has 3 heteroatoms. The first-order valence-corrected chi connectivity index (χ1v) is 4.39. The van der Waals surface area contributed by atoms with Crippen LogP contribution in [0.4, 0.5) is 0 Å². The van der Waals surface area contributed by atoms with Crippen molar-refractivity contribution in [2.75, 3.05) is 6.61 Å². The average Bonchev–Trinajstić information content (AvgIpc) is 1.90. The molecular weight excluding hydrogens is 323 g/mol. The van der Waals surface area contributed by atoms with E-state index in [1.807, 2.05) is 0 Å². The van der Waals surface area contributed by atoms with Gasteiger partial charge >= 0.3 is 0 Å². The molecule has 10 heavy (non-hydrogen) atoms. The Morgan fingerprint density at radius 1 is 1.50 bits per heavy atom. The number of hydrogen-bond donors (Lipinski definition) is 0. The fourth-order valence-electron chi connectivity index (χ4n) is 1.05. The summed E-state index contributed by atoms with van der Waals surface area (Å²) in [6.45, 7) is 0.869. The average molecular weight is 335 g/mol. The van der Waals surface area contributed by atoms with Gasteiger partial charge in [-0.05, 0) is 19.3 Å². The first-order chi connectivity index (χ1) is 4.27. The normalized spacial score (nSPS) is 32.3. The minimum Gasteiger partial charge on any atom is -0.367 e. The Balaban J connectivity index is 0.000000810. The summed E-state index contributed by atoms with van der Waals surface area (Å²) in [6, 6.07) is 0. The molecule has 1 aliphatic heterocycles. The van der Waals surface area contributed by atoms with Crippen LogP contribution in [0.15, 0.2) is 0 Å². The maximum absolute atomic E-state index is 5.44. The molecule has 0 aromatic carbocycles. The van der Waals surface area contributed by atoms with Gasteiger partial charge in [0.1, 0.15) is 5.22 Å². The Kier molecular flexibility index (Phi) is 4.52. The minimum absolute atomic E-state index is 0. The summed E-state index contributed by atoms with van der Waals surface area (Å²) >= 11 is 0. The van der Waals surface area contributed by atoms with Crippen LogP contribution in [0.5, 0.6) is 0 Å². The number of terminal acetylenes is 1. The van der Waals surface area contributed by atoms with Gasteiger partial charge in [0.15, 0.2) is 0 Å². The predicted molar refractivity (Wildman–Crippen MR) is 41.3 cm³/mol. The molecule has 0 amide bonds. The van der Waals surface area contributed by atoms with Crippen molar-refractivity contribution in [2.24, 2.45) is 0 Å². The van der Waals surface area contributed by atoms with Crippen LogP contribution in [0.1, 0.15) is 19.3 Å². The van der Waals surface area contributed by atoms with Crippen molar-refractivity contribution in [1.82, 2.24) is 0 Å². The maximum Gasteiger partial charge on any atom is 0.105 e. The molecule has 1 fully saturated rings. The molecule has 1 unspecified atom stereocenters. The van der Waals surface area contributed by atoms with E-state index >= 15 is 0 Å². The molecule has 0 aromatic rings. The zero-order valence-corrected chi connectivity index (χ0v) is 10.4. The quantitative estimate of drug-likeness (QED) is 0.443. The van der Waals surface area contributed by atoms with Gasteiger partial charge in [0.25, 0.3) is 0 Å². The molecule has 0 aliphatic carbocycles. The molecule has 1 heterocycles. The number of hydrogen-bond acceptors (Lipinski definition) is 1. The second kappa shape index (κ2) is 4.33. The molecular formula is C7H12OPtSi. The van der Waals surface area contributed by atoms with Crippen LogP contribution >= 0.6 is 0 Å². The van der Waals surface area contributed by atoms with Crippen LogP contribution in [-0.2, 0) is 25.8 Å². The van der Waals surface area contributed by atoms with Crippen LogP contribution < -0.4 is 0 Å². The number of ether oxygens (including phenoxy) is 1. The molecule has 1 aliphatic rings. The zero-order chi connectivity index (χ0) is 6.74. The monoisotopic (exact) mass is 335 g/mol. The smallest absolute Gasteiger partial charge is 0.105 e. The first-order valence-electron chi connectivity index (χ1n) is 3.39. The van der Waals surface area contributed by atoms with E-state index in [1.54, 1.807) is 0 Å². The molecule has 0 bridgehead atoms. The molecule has 1 saturated heterocycles. The molecule has 0 saturated carbocycles. The van der Waals surface area contributed by atoms with E-state index in [-0.39, 0.29) is 26.3 Å². The minimum atomic E-state index is -0.113. The summed E-state index contributed by atoms with van der Waals surface area (Å²) in [7, 11) is 0.972. The van der Waals surface area contributed by atoms with E-state index < -0.39 is 0 Å². The second-order valence-electron chi connectivity index (χ2n) is 2.68. The van der Waals surface area contributed by atoms with E-state index in [9.17, 15) is 0 Å². The van der Waals surface area contributed by atoms with Crippen LogP contribution in [0, 0.1) is 12.3 Å². The molecule has 1 rings (SSSR count). The Morgan fingerprint density at radius 3 is 2.50 bits per heavy atom. The summed E-state index contributed by atoms with van der Waals surface area (Å²) < 4.78 is 5.44. The van der Waals surface area contributed by atoms with E-state index in [0.29, 0.717) is 0 Å². The van der Waals surface area contributed by atoms with Crippen LogP contribution in [0.3, 0.4) is 0 Å². The van der Waals surface area contributed by atoms with Gasteiger partial charge in [-0.25, -0.2) is 0 Å². The van der Waals surface area contributed by atoms with Crippen molar-refractivity contribution in [1.29, 1.82) is 0 Å². The van der Waals surface area contributed by atoms with Crippen LogP contribution in [-0.4, -0.2) is 22.1 Å². The van der Waals surface area contributed by atoms with Gasteiger partial charge < -0.3 is 4.74 Å². The van der Waals surface area contributed by atoms with Gasteiger partial charge in [-0.15, -0.1) is 6.42 Å². The van der Waals surface area contributed by atoms with E-state index in [2.05, 4.69) is 5.92 Å². The fraction of sp³-hybridized carbons (Fsp3) is 0.714. The van der Waals surface area contributed by atoms with Crippen molar-refractivity contribution in [3.05, 3.63) is 0 Å². The van der Waals surface area contributed by atoms with Crippen molar-refractivity contribution in [2.45, 2.75) is 24.5 Å². The summed E-state index contributed by atoms with van der Waals surface area (Å²) in [6.07, 6.45) is 8.81.